The summed E-state index contributed by atoms with van der Waals surface area (Å²) in [5, 5.41) is 11.1. The molecule has 23 heavy (non-hydrogen) atoms. The molecule has 2 aromatic heterocycles. The molecule has 0 radical (unpaired) electrons. The first-order valence-electron chi connectivity index (χ1n) is 7.46. The van der Waals surface area contributed by atoms with Crippen molar-refractivity contribution < 1.29 is 9.52 Å². The van der Waals surface area contributed by atoms with Crippen molar-refractivity contribution in [1.29, 1.82) is 0 Å². The van der Waals surface area contributed by atoms with Crippen LogP contribution in [0.25, 0.3) is 10.9 Å². The number of H-pyrrole nitrogens is 1. The van der Waals surface area contributed by atoms with Crippen LogP contribution >= 0.6 is 0 Å². The van der Waals surface area contributed by atoms with E-state index in [2.05, 4.69) is 16.0 Å². The van der Waals surface area contributed by atoms with Crippen molar-refractivity contribution in [3.05, 3.63) is 63.8 Å². The summed E-state index contributed by atoms with van der Waals surface area (Å²) in [5.74, 6) is 0.287. The molecule has 0 spiro atoms. The van der Waals surface area contributed by atoms with Gasteiger partial charge in [-0.1, -0.05) is 18.2 Å². The van der Waals surface area contributed by atoms with Gasteiger partial charge in [0.25, 0.3) is 0 Å². The Labute approximate surface area is 133 Å². The molecule has 0 saturated heterocycles. The zero-order valence-electron chi connectivity index (χ0n) is 13.1. The average molecular weight is 310 g/mol. The number of aliphatic imine (C=N–C) groups is 1. The van der Waals surface area contributed by atoms with Crippen molar-refractivity contribution in [3.63, 3.8) is 0 Å². The molecule has 0 atom stereocenters. The van der Waals surface area contributed by atoms with E-state index in [1.165, 1.54) is 17.0 Å². The van der Waals surface area contributed by atoms with E-state index < -0.39 is 5.63 Å². The number of para-hydroxylation sites is 1. The number of hydrogen-bond acceptors (Lipinski definition) is 4. The van der Waals surface area contributed by atoms with Crippen molar-refractivity contribution in [2.45, 2.75) is 20.3 Å². The number of benzene rings is 1. The Balaban J connectivity index is 1.79. The first-order valence-corrected chi connectivity index (χ1v) is 7.46. The van der Waals surface area contributed by atoms with Gasteiger partial charge in [-0.15, -0.1) is 0 Å². The van der Waals surface area contributed by atoms with Gasteiger partial charge in [-0.3, -0.25) is 4.99 Å². The largest absolute Gasteiger partial charge is 0.507 e. The van der Waals surface area contributed by atoms with Gasteiger partial charge in [-0.2, -0.15) is 0 Å². The molecular formula is C18H18N2O3. The molecule has 1 aromatic carbocycles. The number of fused-ring (bicyclic) bond motifs is 1. The molecule has 0 fully saturated rings. The normalized spacial score (nSPS) is 12.0. The maximum Gasteiger partial charge on any atom is 0.348 e. The van der Waals surface area contributed by atoms with Crippen LogP contribution in [0.15, 0.2) is 50.7 Å². The Kier molecular flexibility index (Phi) is 4.02. The van der Waals surface area contributed by atoms with Crippen LogP contribution in [0.5, 0.6) is 5.75 Å². The van der Waals surface area contributed by atoms with Crippen LogP contribution in [-0.4, -0.2) is 22.3 Å². The highest BCUT2D eigenvalue weighted by Gasteiger charge is 2.12. The molecular weight excluding hydrogens is 292 g/mol. The summed E-state index contributed by atoms with van der Waals surface area (Å²) in [7, 11) is 0. The van der Waals surface area contributed by atoms with Crippen molar-refractivity contribution >= 4 is 16.6 Å². The lowest BCUT2D eigenvalue weighted by atomic mass is 10.1. The topological polar surface area (TPSA) is 78.6 Å². The Morgan fingerprint density at radius 3 is 2.91 bits per heavy atom. The third kappa shape index (κ3) is 3.04. The van der Waals surface area contributed by atoms with Gasteiger partial charge in [-0.05, 0) is 31.9 Å². The van der Waals surface area contributed by atoms with E-state index in [1.807, 2.05) is 24.4 Å². The monoisotopic (exact) mass is 310 g/mol. The smallest absolute Gasteiger partial charge is 0.348 e. The van der Waals surface area contributed by atoms with Gasteiger partial charge < -0.3 is 14.5 Å². The van der Waals surface area contributed by atoms with Crippen LogP contribution in [-0.2, 0) is 6.42 Å². The van der Waals surface area contributed by atoms with Crippen LogP contribution < -0.4 is 5.63 Å². The second-order valence-corrected chi connectivity index (χ2v) is 5.48. The van der Waals surface area contributed by atoms with Crippen molar-refractivity contribution in [2.24, 2.45) is 4.99 Å². The molecule has 0 bridgehead atoms. The number of nitrogens with one attached hydrogen (secondary N) is 1. The van der Waals surface area contributed by atoms with E-state index in [0.29, 0.717) is 18.0 Å². The van der Waals surface area contributed by atoms with Crippen LogP contribution in [0, 0.1) is 6.92 Å². The Morgan fingerprint density at radius 1 is 1.35 bits per heavy atom. The number of aromatic amines is 1. The van der Waals surface area contributed by atoms with Gasteiger partial charge in [0.15, 0.2) is 0 Å². The summed E-state index contributed by atoms with van der Waals surface area (Å²) < 4.78 is 5.02. The first kappa shape index (κ1) is 15.1. The Morgan fingerprint density at radius 2 is 2.13 bits per heavy atom. The highest BCUT2D eigenvalue weighted by atomic mass is 16.4. The van der Waals surface area contributed by atoms with Crippen molar-refractivity contribution in [3.8, 4) is 5.75 Å². The molecule has 0 unspecified atom stereocenters. The molecule has 0 aliphatic carbocycles. The molecule has 5 nitrogen and oxygen atoms in total. The summed E-state index contributed by atoms with van der Waals surface area (Å²) >= 11 is 0. The first-order chi connectivity index (χ1) is 11.1. The quantitative estimate of drug-likeness (QED) is 0.726. The van der Waals surface area contributed by atoms with E-state index in [1.54, 1.807) is 13.8 Å². The van der Waals surface area contributed by atoms with Crippen molar-refractivity contribution in [1.82, 2.24) is 4.98 Å². The predicted molar refractivity (Wildman–Crippen MR) is 90.5 cm³/mol. The van der Waals surface area contributed by atoms with E-state index in [4.69, 9.17) is 4.42 Å². The number of rotatable bonds is 4. The van der Waals surface area contributed by atoms with Crippen LogP contribution in [0.2, 0.25) is 0 Å². The van der Waals surface area contributed by atoms with E-state index in [0.717, 1.165) is 11.9 Å². The minimum absolute atomic E-state index is 0.0907. The second kappa shape index (κ2) is 6.12. The van der Waals surface area contributed by atoms with Crippen molar-refractivity contribution in [2.75, 3.05) is 6.54 Å². The third-order valence-electron chi connectivity index (χ3n) is 3.82. The zero-order chi connectivity index (χ0) is 16.4. The summed E-state index contributed by atoms with van der Waals surface area (Å²) in [6, 6.07) is 9.52. The average Bonchev–Trinajstić information content (AvgIpc) is 2.90. The van der Waals surface area contributed by atoms with E-state index in [-0.39, 0.29) is 11.3 Å². The molecule has 0 amide bonds. The molecule has 5 heteroatoms. The number of hydrogen-bond donors (Lipinski definition) is 2. The van der Waals surface area contributed by atoms with Gasteiger partial charge >= 0.3 is 5.63 Å². The summed E-state index contributed by atoms with van der Waals surface area (Å²) in [6.45, 7) is 3.85. The fraction of sp³-hybridized carbons (Fsp3) is 0.222. The SMILES string of the molecule is CC(=NCCc1c[nH]c2ccccc12)c1c(O)cc(C)oc1=O. The highest BCUT2D eigenvalue weighted by Crippen LogP contribution is 2.19. The van der Waals surface area contributed by atoms with Crippen LogP contribution in [0.3, 0.4) is 0 Å². The molecule has 118 valence electrons. The minimum Gasteiger partial charge on any atom is -0.507 e. The zero-order valence-corrected chi connectivity index (χ0v) is 13.1. The molecule has 2 N–H and O–H groups in total. The maximum atomic E-state index is 11.9. The molecule has 0 saturated carbocycles. The van der Waals surface area contributed by atoms with Gasteiger partial charge in [0.2, 0.25) is 0 Å². The second-order valence-electron chi connectivity index (χ2n) is 5.48. The summed E-state index contributed by atoms with van der Waals surface area (Å²) in [6.07, 6.45) is 2.73. The fourth-order valence-corrected chi connectivity index (χ4v) is 2.69. The van der Waals surface area contributed by atoms with Crippen LogP contribution in [0.4, 0.5) is 0 Å². The molecule has 0 aliphatic heterocycles. The predicted octanol–water partition coefficient (Wildman–Crippen LogP) is 3.19. The number of nitrogens with zero attached hydrogens (tertiary/aromatic N) is 1. The van der Waals surface area contributed by atoms with Gasteiger partial charge in [0, 0.05) is 29.7 Å². The molecule has 2 heterocycles. The Bertz CT molecular complexity index is 935. The van der Waals surface area contributed by atoms with E-state index in [9.17, 15) is 9.90 Å². The summed E-state index contributed by atoms with van der Waals surface area (Å²) in [4.78, 5) is 19.5. The summed E-state index contributed by atoms with van der Waals surface area (Å²) in [5.41, 5.74) is 2.33. The lowest BCUT2D eigenvalue weighted by Gasteiger charge is -2.03. The highest BCUT2D eigenvalue weighted by molar-refractivity contribution is 6.00. The number of aromatic hydroxyl groups is 1. The van der Waals surface area contributed by atoms with Gasteiger partial charge in [0.1, 0.15) is 17.1 Å². The molecule has 3 aromatic rings. The van der Waals surface area contributed by atoms with E-state index >= 15 is 0 Å². The van der Waals surface area contributed by atoms with Crippen LogP contribution in [0.1, 0.15) is 23.8 Å². The fourth-order valence-electron chi connectivity index (χ4n) is 2.69. The lowest BCUT2D eigenvalue weighted by molar-refractivity contribution is 0.432. The molecule has 0 aliphatic rings. The standard InChI is InChI=1S/C18H18N2O3/c1-11-9-16(21)17(18(22)23-11)12(2)19-8-7-13-10-20-15-6-4-3-5-14(13)15/h3-6,9-10,20-21H,7-8H2,1-2H3. The third-order valence-corrected chi connectivity index (χ3v) is 3.82. The lowest BCUT2D eigenvalue weighted by Crippen LogP contribution is -2.13. The molecule has 3 rings (SSSR count). The van der Waals surface area contributed by atoms with Gasteiger partial charge in [-0.25, -0.2) is 4.79 Å². The number of aromatic nitrogens is 1. The van der Waals surface area contributed by atoms with Gasteiger partial charge in [0.05, 0.1) is 5.71 Å². The maximum absolute atomic E-state index is 11.9. The number of aryl methyl sites for hydroxylation is 1. The Hall–Kier alpha value is -2.82. The minimum atomic E-state index is -0.559.